The molecule has 1 unspecified atom stereocenters. The van der Waals surface area contributed by atoms with Crippen molar-refractivity contribution in [2.24, 2.45) is 0 Å². The first-order chi connectivity index (χ1) is 8.25. The summed E-state index contributed by atoms with van der Waals surface area (Å²) in [5, 5.41) is 0. The number of fused-ring (bicyclic) bond motifs is 1. The Labute approximate surface area is 110 Å². The van der Waals surface area contributed by atoms with E-state index in [1.165, 1.54) is 30.4 Å². The van der Waals surface area contributed by atoms with Crippen LogP contribution < -0.4 is 4.90 Å². The van der Waals surface area contributed by atoms with Crippen LogP contribution in [0.1, 0.15) is 30.4 Å². The zero-order chi connectivity index (χ0) is 11.8. The second kappa shape index (κ2) is 4.45. The van der Waals surface area contributed by atoms with Gasteiger partial charge in [-0.25, -0.2) is 0 Å². The van der Waals surface area contributed by atoms with Crippen molar-refractivity contribution in [3.05, 3.63) is 29.3 Å². The topological polar surface area (TPSA) is 20.3 Å². The second-order valence-corrected chi connectivity index (χ2v) is 6.22. The second-order valence-electron chi connectivity index (χ2n) is 4.93. The van der Waals surface area contributed by atoms with Crippen LogP contribution in [0.2, 0.25) is 0 Å². The van der Waals surface area contributed by atoms with E-state index >= 15 is 0 Å². The van der Waals surface area contributed by atoms with Crippen LogP contribution in [0.5, 0.6) is 0 Å². The smallest absolute Gasteiger partial charge is 0.228 e. The molecule has 0 saturated carbocycles. The third kappa shape index (κ3) is 2.01. The molecule has 2 aliphatic rings. The summed E-state index contributed by atoms with van der Waals surface area (Å²) in [5.74, 6) is 0.255. The molecule has 2 nitrogen and oxygen atoms in total. The van der Waals surface area contributed by atoms with Gasteiger partial charge in [0.2, 0.25) is 5.91 Å². The molecule has 1 atom stereocenters. The molecular weight excluding hydrogens is 278 g/mol. The van der Waals surface area contributed by atoms with Gasteiger partial charge in [-0.05, 0) is 42.9 Å². The number of aryl methyl sites for hydroxylation is 1. The van der Waals surface area contributed by atoms with Crippen LogP contribution in [-0.4, -0.2) is 17.3 Å². The molecule has 1 heterocycles. The lowest BCUT2D eigenvalue weighted by Gasteiger charge is -2.24. The summed E-state index contributed by atoms with van der Waals surface area (Å²) in [6, 6.07) is 6.41. The largest absolute Gasteiger partial charge is 0.311 e. The summed E-state index contributed by atoms with van der Waals surface area (Å²) in [7, 11) is 0. The van der Waals surface area contributed by atoms with Crippen molar-refractivity contribution in [1.82, 2.24) is 0 Å². The predicted octanol–water partition coefficient (Wildman–Crippen LogP) is 3.07. The standard InChI is InChI=1S/C14H16BrNO/c15-11-8-14(17)16(9-11)13-7-3-5-10-4-1-2-6-12(10)13/h3,5,7,11H,1-2,4,6,8-9H2. The SMILES string of the molecule is O=C1CC(Br)CN1c1cccc2c1CCCC2. The first-order valence-corrected chi connectivity index (χ1v) is 7.22. The average Bonchev–Trinajstić information content (AvgIpc) is 2.68. The highest BCUT2D eigenvalue weighted by atomic mass is 79.9. The first-order valence-electron chi connectivity index (χ1n) is 6.31. The quantitative estimate of drug-likeness (QED) is 0.729. The summed E-state index contributed by atoms with van der Waals surface area (Å²) in [6.07, 6.45) is 5.46. The molecule has 1 aliphatic heterocycles. The zero-order valence-electron chi connectivity index (χ0n) is 9.79. The molecule has 0 N–H and O–H groups in total. The van der Waals surface area contributed by atoms with Crippen molar-refractivity contribution < 1.29 is 4.79 Å². The summed E-state index contributed by atoms with van der Waals surface area (Å²) < 4.78 is 0. The summed E-state index contributed by atoms with van der Waals surface area (Å²) >= 11 is 3.55. The first kappa shape index (κ1) is 11.3. The number of nitrogens with zero attached hydrogens (tertiary/aromatic N) is 1. The number of benzene rings is 1. The summed E-state index contributed by atoms with van der Waals surface area (Å²) in [4.78, 5) is 14.2. The Bertz CT molecular complexity index is 458. The Hall–Kier alpha value is -0.830. The van der Waals surface area contributed by atoms with E-state index in [0.29, 0.717) is 11.2 Å². The van der Waals surface area contributed by atoms with Gasteiger partial charge in [-0.15, -0.1) is 0 Å². The van der Waals surface area contributed by atoms with Gasteiger partial charge in [-0.1, -0.05) is 28.1 Å². The summed E-state index contributed by atoms with van der Waals surface area (Å²) in [5.41, 5.74) is 4.02. The Morgan fingerprint density at radius 2 is 2.06 bits per heavy atom. The van der Waals surface area contributed by atoms with Gasteiger partial charge in [0.15, 0.2) is 0 Å². The fourth-order valence-corrected chi connectivity index (χ4v) is 3.48. The van der Waals surface area contributed by atoms with Crippen molar-refractivity contribution >= 4 is 27.5 Å². The lowest BCUT2D eigenvalue weighted by atomic mass is 9.90. The zero-order valence-corrected chi connectivity index (χ0v) is 11.4. The van der Waals surface area contributed by atoms with Crippen LogP contribution in [0.3, 0.4) is 0 Å². The number of hydrogen-bond donors (Lipinski definition) is 0. The van der Waals surface area contributed by atoms with Crippen LogP contribution in [0, 0.1) is 0 Å². The van der Waals surface area contributed by atoms with Crippen LogP contribution in [-0.2, 0) is 17.6 Å². The predicted molar refractivity (Wildman–Crippen MR) is 72.8 cm³/mol. The minimum atomic E-state index is 0.255. The maximum atomic E-state index is 12.0. The van der Waals surface area contributed by atoms with Crippen molar-refractivity contribution in [3.8, 4) is 0 Å². The molecule has 17 heavy (non-hydrogen) atoms. The number of anilines is 1. The molecule has 3 rings (SSSR count). The molecule has 1 fully saturated rings. The highest BCUT2D eigenvalue weighted by molar-refractivity contribution is 9.09. The number of hydrogen-bond acceptors (Lipinski definition) is 1. The van der Waals surface area contributed by atoms with E-state index in [9.17, 15) is 4.79 Å². The van der Waals surface area contributed by atoms with Crippen molar-refractivity contribution in [1.29, 1.82) is 0 Å². The number of alkyl halides is 1. The van der Waals surface area contributed by atoms with Gasteiger partial charge in [-0.3, -0.25) is 4.79 Å². The molecule has 0 spiro atoms. The molecular formula is C14H16BrNO. The number of carbonyl (C=O) groups is 1. The van der Waals surface area contributed by atoms with Gasteiger partial charge in [-0.2, -0.15) is 0 Å². The van der Waals surface area contributed by atoms with Gasteiger partial charge < -0.3 is 4.90 Å². The molecule has 1 amide bonds. The number of rotatable bonds is 1. The van der Waals surface area contributed by atoms with Gasteiger partial charge in [0.05, 0.1) is 0 Å². The molecule has 1 saturated heterocycles. The van der Waals surface area contributed by atoms with E-state index in [0.717, 1.165) is 18.7 Å². The van der Waals surface area contributed by atoms with Crippen LogP contribution in [0.4, 0.5) is 5.69 Å². The highest BCUT2D eigenvalue weighted by Crippen LogP contribution is 2.33. The summed E-state index contributed by atoms with van der Waals surface area (Å²) in [6.45, 7) is 0.815. The maximum Gasteiger partial charge on any atom is 0.228 e. The van der Waals surface area contributed by atoms with Crippen LogP contribution in [0.15, 0.2) is 18.2 Å². The van der Waals surface area contributed by atoms with Crippen molar-refractivity contribution in [2.45, 2.75) is 36.9 Å². The Balaban J connectivity index is 2.00. The molecule has 1 aromatic carbocycles. The maximum absolute atomic E-state index is 12.0. The Kier molecular flexibility index (Phi) is 2.95. The van der Waals surface area contributed by atoms with Crippen LogP contribution in [0.25, 0.3) is 0 Å². The fourth-order valence-electron chi connectivity index (χ4n) is 2.91. The van der Waals surface area contributed by atoms with Gasteiger partial charge in [0.25, 0.3) is 0 Å². The minimum Gasteiger partial charge on any atom is -0.311 e. The van der Waals surface area contributed by atoms with E-state index in [4.69, 9.17) is 0 Å². The number of amides is 1. The van der Waals surface area contributed by atoms with E-state index < -0.39 is 0 Å². The molecule has 1 aromatic rings. The van der Waals surface area contributed by atoms with Crippen LogP contribution >= 0.6 is 15.9 Å². The fraction of sp³-hybridized carbons (Fsp3) is 0.500. The Morgan fingerprint density at radius 1 is 1.24 bits per heavy atom. The lowest BCUT2D eigenvalue weighted by Crippen LogP contribution is -2.26. The van der Waals surface area contributed by atoms with Gasteiger partial charge in [0.1, 0.15) is 0 Å². The Morgan fingerprint density at radius 3 is 2.82 bits per heavy atom. The third-order valence-corrected chi connectivity index (χ3v) is 4.35. The van der Waals surface area contributed by atoms with E-state index in [-0.39, 0.29) is 5.91 Å². The van der Waals surface area contributed by atoms with Crippen molar-refractivity contribution in [3.63, 3.8) is 0 Å². The number of halogens is 1. The molecule has 0 radical (unpaired) electrons. The molecule has 1 aliphatic carbocycles. The van der Waals surface area contributed by atoms with E-state index in [2.05, 4.69) is 34.1 Å². The molecule has 3 heteroatoms. The minimum absolute atomic E-state index is 0.255. The van der Waals surface area contributed by atoms with E-state index in [1.54, 1.807) is 0 Å². The van der Waals surface area contributed by atoms with Gasteiger partial charge in [0, 0.05) is 23.5 Å². The third-order valence-electron chi connectivity index (χ3n) is 3.74. The normalized spacial score (nSPS) is 23.9. The molecule has 0 bridgehead atoms. The highest BCUT2D eigenvalue weighted by Gasteiger charge is 2.30. The van der Waals surface area contributed by atoms with Crippen molar-refractivity contribution in [2.75, 3.05) is 11.4 Å². The lowest BCUT2D eigenvalue weighted by molar-refractivity contribution is -0.117. The van der Waals surface area contributed by atoms with E-state index in [1.807, 2.05) is 4.90 Å². The molecule has 0 aromatic heterocycles. The molecule has 90 valence electrons. The monoisotopic (exact) mass is 293 g/mol. The van der Waals surface area contributed by atoms with Gasteiger partial charge >= 0.3 is 0 Å². The number of carbonyl (C=O) groups excluding carboxylic acids is 1. The average molecular weight is 294 g/mol.